The van der Waals surface area contributed by atoms with Gasteiger partial charge in [-0.2, -0.15) is 5.10 Å². The third kappa shape index (κ3) is 2.27. The Bertz CT molecular complexity index is 707. The first-order valence-corrected chi connectivity index (χ1v) is 6.43. The Kier molecular flexibility index (Phi) is 3.09. The minimum atomic E-state index is 0.0716. The van der Waals surface area contributed by atoms with Crippen LogP contribution in [0.15, 0.2) is 48.9 Å². The zero-order valence-electron chi connectivity index (χ0n) is 10.4. The topological polar surface area (TPSA) is 42.2 Å². The summed E-state index contributed by atoms with van der Waals surface area (Å²) in [4.78, 5) is 4.36. The summed E-state index contributed by atoms with van der Waals surface area (Å²) in [7, 11) is 0. The van der Waals surface area contributed by atoms with Gasteiger partial charge in [0.15, 0.2) is 5.82 Å². The zero-order chi connectivity index (χ0) is 13.2. The van der Waals surface area contributed by atoms with Crippen molar-refractivity contribution in [2.24, 2.45) is 0 Å². The molecule has 0 saturated carbocycles. The van der Waals surface area contributed by atoms with Gasteiger partial charge in [0.05, 0.1) is 12.2 Å². The van der Waals surface area contributed by atoms with Gasteiger partial charge in [-0.1, -0.05) is 29.8 Å². The maximum Gasteiger partial charge on any atom is 0.152 e. The molecule has 0 amide bonds. The van der Waals surface area contributed by atoms with Crippen molar-refractivity contribution < 1.29 is 0 Å². The molecule has 0 radical (unpaired) electrons. The molecule has 0 aliphatic carbocycles. The molecule has 0 aliphatic rings. The molecule has 96 valence electrons. The lowest BCUT2D eigenvalue weighted by atomic mass is 10.1. The second-order valence-corrected chi connectivity index (χ2v) is 4.73. The van der Waals surface area contributed by atoms with E-state index in [4.69, 9.17) is 11.6 Å². The van der Waals surface area contributed by atoms with Crippen molar-refractivity contribution in [2.75, 3.05) is 5.32 Å². The lowest BCUT2D eigenvalue weighted by molar-refractivity contribution is 0.867. The van der Waals surface area contributed by atoms with Crippen molar-refractivity contribution in [3.63, 3.8) is 0 Å². The van der Waals surface area contributed by atoms with Crippen molar-refractivity contribution in [2.45, 2.75) is 13.0 Å². The van der Waals surface area contributed by atoms with Crippen LogP contribution in [0.25, 0.3) is 5.52 Å². The minimum absolute atomic E-state index is 0.0716. The van der Waals surface area contributed by atoms with Crippen LogP contribution in [0.1, 0.15) is 18.5 Å². The molecular weight excluding hydrogens is 260 g/mol. The maximum absolute atomic E-state index is 6.20. The smallest absolute Gasteiger partial charge is 0.152 e. The van der Waals surface area contributed by atoms with Gasteiger partial charge < -0.3 is 5.32 Å². The van der Waals surface area contributed by atoms with Gasteiger partial charge in [0.1, 0.15) is 5.52 Å². The highest BCUT2D eigenvalue weighted by molar-refractivity contribution is 6.31. The molecule has 1 atom stereocenters. The van der Waals surface area contributed by atoms with E-state index in [1.165, 1.54) is 0 Å². The van der Waals surface area contributed by atoms with Crippen molar-refractivity contribution in [3.05, 3.63) is 59.5 Å². The molecule has 2 aromatic heterocycles. The first-order chi connectivity index (χ1) is 9.25. The van der Waals surface area contributed by atoms with E-state index in [9.17, 15) is 0 Å². The van der Waals surface area contributed by atoms with Crippen LogP contribution in [-0.4, -0.2) is 14.6 Å². The van der Waals surface area contributed by atoms with Gasteiger partial charge in [0.25, 0.3) is 0 Å². The Balaban J connectivity index is 1.93. The van der Waals surface area contributed by atoms with Gasteiger partial charge in [-0.05, 0) is 24.6 Å². The van der Waals surface area contributed by atoms with E-state index in [1.54, 1.807) is 16.9 Å². The number of hydrogen-bond acceptors (Lipinski definition) is 3. The van der Waals surface area contributed by atoms with E-state index < -0.39 is 0 Å². The molecule has 5 heteroatoms. The summed E-state index contributed by atoms with van der Waals surface area (Å²) >= 11 is 6.20. The van der Waals surface area contributed by atoms with Gasteiger partial charge in [0.2, 0.25) is 0 Å². The summed E-state index contributed by atoms with van der Waals surface area (Å²) in [6, 6.07) is 9.80. The third-order valence-electron chi connectivity index (χ3n) is 3.05. The molecule has 1 unspecified atom stereocenters. The highest BCUT2D eigenvalue weighted by Gasteiger charge is 2.11. The van der Waals surface area contributed by atoms with Crippen LogP contribution >= 0.6 is 11.6 Å². The third-order valence-corrected chi connectivity index (χ3v) is 3.39. The first kappa shape index (κ1) is 12.0. The average molecular weight is 273 g/mol. The van der Waals surface area contributed by atoms with Crippen LogP contribution in [0.5, 0.6) is 0 Å². The number of aromatic nitrogens is 3. The second kappa shape index (κ2) is 4.90. The van der Waals surface area contributed by atoms with E-state index in [2.05, 4.69) is 22.3 Å². The Morgan fingerprint density at radius 1 is 1.21 bits per heavy atom. The summed E-state index contributed by atoms with van der Waals surface area (Å²) < 4.78 is 1.79. The Labute approximate surface area is 116 Å². The van der Waals surface area contributed by atoms with Crippen LogP contribution in [0.3, 0.4) is 0 Å². The molecule has 0 saturated heterocycles. The number of hydrogen-bond donors (Lipinski definition) is 1. The Hall–Kier alpha value is -2.07. The maximum atomic E-state index is 6.20. The van der Waals surface area contributed by atoms with Gasteiger partial charge >= 0.3 is 0 Å². The molecule has 2 heterocycles. The van der Waals surface area contributed by atoms with Crippen molar-refractivity contribution in [3.8, 4) is 0 Å². The summed E-state index contributed by atoms with van der Waals surface area (Å²) in [5.74, 6) is 0.799. The molecule has 3 aromatic rings. The summed E-state index contributed by atoms with van der Waals surface area (Å²) in [6.07, 6.45) is 5.30. The first-order valence-electron chi connectivity index (χ1n) is 6.05. The summed E-state index contributed by atoms with van der Waals surface area (Å²) in [6.45, 7) is 2.06. The fourth-order valence-electron chi connectivity index (χ4n) is 2.08. The number of nitrogens with one attached hydrogen (secondary N) is 1. The molecule has 19 heavy (non-hydrogen) atoms. The summed E-state index contributed by atoms with van der Waals surface area (Å²) in [5, 5.41) is 8.31. The van der Waals surface area contributed by atoms with Gasteiger partial charge in [-0.3, -0.25) is 0 Å². The van der Waals surface area contributed by atoms with Crippen molar-refractivity contribution in [1.82, 2.24) is 14.6 Å². The highest BCUT2D eigenvalue weighted by Crippen LogP contribution is 2.26. The second-order valence-electron chi connectivity index (χ2n) is 4.32. The highest BCUT2D eigenvalue weighted by atomic mass is 35.5. The number of benzene rings is 1. The molecule has 4 nitrogen and oxygen atoms in total. The van der Waals surface area contributed by atoms with Crippen LogP contribution in [0.4, 0.5) is 5.82 Å². The summed E-state index contributed by atoms with van der Waals surface area (Å²) in [5.41, 5.74) is 1.99. The molecule has 0 spiro atoms. The van der Waals surface area contributed by atoms with E-state index >= 15 is 0 Å². The SMILES string of the molecule is CC(Nc1nccn2nccc12)c1ccccc1Cl. The number of nitrogens with zero attached hydrogens (tertiary/aromatic N) is 3. The predicted molar refractivity (Wildman–Crippen MR) is 76.5 cm³/mol. The minimum Gasteiger partial charge on any atom is -0.362 e. The predicted octanol–water partition coefficient (Wildman–Crippen LogP) is 3.56. The number of rotatable bonds is 3. The Morgan fingerprint density at radius 2 is 2.05 bits per heavy atom. The molecule has 0 fully saturated rings. The number of halogens is 1. The molecular formula is C14H13ClN4. The van der Waals surface area contributed by atoms with Crippen molar-refractivity contribution >= 4 is 22.9 Å². The van der Waals surface area contributed by atoms with Crippen LogP contribution in [0.2, 0.25) is 5.02 Å². The van der Waals surface area contributed by atoms with E-state index in [1.807, 2.05) is 36.5 Å². The molecule has 0 bridgehead atoms. The van der Waals surface area contributed by atoms with Gasteiger partial charge in [-0.15, -0.1) is 0 Å². The van der Waals surface area contributed by atoms with E-state index in [-0.39, 0.29) is 6.04 Å². The molecule has 3 rings (SSSR count). The van der Waals surface area contributed by atoms with Crippen molar-refractivity contribution in [1.29, 1.82) is 0 Å². The van der Waals surface area contributed by atoms with Gasteiger partial charge in [0, 0.05) is 17.4 Å². The van der Waals surface area contributed by atoms with Gasteiger partial charge in [-0.25, -0.2) is 9.50 Å². The van der Waals surface area contributed by atoms with E-state index in [0.717, 1.165) is 21.9 Å². The molecule has 1 N–H and O–H groups in total. The standard InChI is InChI=1S/C14H13ClN4/c1-10(11-4-2-3-5-12(11)15)18-14-13-6-7-17-19(13)9-8-16-14/h2-10H,1H3,(H,16,18). The zero-order valence-corrected chi connectivity index (χ0v) is 11.2. The normalized spacial score (nSPS) is 12.5. The molecule has 1 aromatic carbocycles. The lowest BCUT2D eigenvalue weighted by Gasteiger charge is -2.16. The fourth-order valence-corrected chi connectivity index (χ4v) is 2.38. The fraction of sp³-hybridized carbons (Fsp3) is 0.143. The quantitative estimate of drug-likeness (QED) is 0.793. The van der Waals surface area contributed by atoms with Crippen LogP contribution in [-0.2, 0) is 0 Å². The monoisotopic (exact) mass is 272 g/mol. The lowest BCUT2D eigenvalue weighted by Crippen LogP contribution is -2.09. The molecule has 0 aliphatic heterocycles. The average Bonchev–Trinajstić information content (AvgIpc) is 2.88. The largest absolute Gasteiger partial charge is 0.362 e. The number of fused-ring (bicyclic) bond motifs is 1. The van der Waals surface area contributed by atoms with Crippen LogP contribution < -0.4 is 5.32 Å². The number of anilines is 1. The van der Waals surface area contributed by atoms with Crippen LogP contribution in [0, 0.1) is 0 Å². The van der Waals surface area contributed by atoms with E-state index in [0.29, 0.717) is 0 Å². The Morgan fingerprint density at radius 3 is 2.89 bits per heavy atom.